The van der Waals surface area contributed by atoms with E-state index in [1.165, 1.54) is 11.1 Å². The Hall–Kier alpha value is -2.53. The molecule has 4 aromatic heterocycles. The van der Waals surface area contributed by atoms with Gasteiger partial charge in [-0.15, -0.1) is 11.3 Å². The maximum absolute atomic E-state index is 6.27. The average Bonchev–Trinajstić information content (AvgIpc) is 3.26. The van der Waals surface area contributed by atoms with E-state index in [0.717, 1.165) is 75.5 Å². The van der Waals surface area contributed by atoms with Crippen molar-refractivity contribution in [1.29, 1.82) is 0 Å². The van der Waals surface area contributed by atoms with Crippen molar-refractivity contribution in [2.75, 3.05) is 42.8 Å². The second kappa shape index (κ2) is 9.16. The fourth-order valence-electron chi connectivity index (χ4n) is 4.77. The van der Waals surface area contributed by atoms with E-state index in [2.05, 4.69) is 35.1 Å². The van der Waals surface area contributed by atoms with Gasteiger partial charge in [-0.3, -0.25) is 4.98 Å². The maximum Gasteiger partial charge on any atom is 0.189 e. The number of thioether (sulfide) groups is 1. The van der Waals surface area contributed by atoms with Crippen molar-refractivity contribution in [2.45, 2.75) is 44.2 Å². The molecule has 0 bridgehead atoms. The highest BCUT2D eigenvalue weighted by atomic mass is 32.2. The minimum atomic E-state index is -0.241. The zero-order chi connectivity index (χ0) is 24.0. The molecule has 8 nitrogen and oxygen atoms in total. The molecule has 1 N–H and O–H groups in total. The summed E-state index contributed by atoms with van der Waals surface area (Å²) in [5.74, 6) is 1.87. The van der Waals surface area contributed by atoms with Crippen LogP contribution in [0.25, 0.3) is 20.4 Å². The number of ether oxygens (including phenoxy) is 2. The fourth-order valence-corrected chi connectivity index (χ4v) is 6.24. The predicted molar refractivity (Wildman–Crippen MR) is 142 cm³/mol. The summed E-state index contributed by atoms with van der Waals surface area (Å²) in [6.45, 7) is 8.65. The molecule has 0 aliphatic carbocycles. The first-order chi connectivity index (χ1) is 17.0. The molecule has 2 aliphatic heterocycles. The molecule has 2 aliphatic rings. The first-order valence-corrected chi connectivity index (χ1v) is 13.9. The second-order valence-electron chi connectivity index (χ2n) is 9.45. The molecule has 0 atom stereocenters. The molecule has 10 heteroatoms. The number of nitrogens with zero attached hydrogens (tertiary/aromatic N) is 5. The number of aromatic nitrogens is 4. The molecule has 1 saturated heterocycles. The molecule has 0 amide bonds. The summed E-state index contributed by atoms with van der Waals surface area (Å²) >= 11 is 3.23. The van der Waals surface area contributed by atoms with Crippen molar-refractivity contribution in [3.05, 3.63) is 41.2 Å². The Kier molecular flexibility index (Phi) is 6.00. The van der Waals surface area contributed by atoms with Gasteiger partial charge >= 0.3 is 0 Å². The molecule has 0 unspecified atom stereocenters. The summed E-state index contributed by atoms with van der Waals surface area (Å²) < 4.78 is 12.9. The normalized spacial score (nSPS) is 17.6. The standard InChI is InChI=1S/C25H28N6O2S2/c1-25(2)11-16-17(14-33-25)22(31-7-9-32-10-8-31)30-23-18(16)19-20(35-23)21(29-24(28-19)34-3)27-13-15-5-4-6-26-12-15/h4-6,12H,7-11,13-14H2,1-3H3,(H,27,28,29). The van der Waals surface area contributed by atoms with Crippen molar-refractivity contribution in [1.82, 2.24) is 19.9 Å². The number of hydrogen-bond donors (Lipinski definition) is 1. The van der Waals surface area contributed by atoms with Gasteiger partial charge < -0.3 is 19.7 Å². The topological polar surface area (TPSA) is 85.3 Å². The monoisotopic (exact) mass is 508 g/mol. The van der Waals surface area contributed by atoms with Gasteiger partial charge in [0.15, 0.2) is 5.16 Å². The Bertz CT molecular complexity index is 1390. The second-order valence-corrected chi connectivity index (χ2v) is 11.2. The van der Waals surface area contributed by atoms with Gasteiger partial charge in [-0.05, 0) is 37.3 Å². The molecule has 0 spiro atoms. The molecule has 1 fully saturated rings. The third-order valence-electron chi connectivity index (χ3n) is 6.52. The first-order valence-electron chi connectivity index (χ1n) is 11.8. The van der Waals surface area contributed by atoms with Crippen LogP contribution in [0.15, 0.2) is 29.7 Å². The summed E-state index contributed by atoms with van der Waals surface area (Å²) in [5, 5.41) is 5.44. The quantitative estimate of drug-likeness (QED) is 0.306. The van der Waals surface area contributed by atoms with E-state index in [1.807, 2.05) is 18.5 Å². The largest absolute Gasteiger partial charge is 0.378 e. The van der Waals surface area contributed by atoms with Crippen LogP contribution in [0, 0.1) is 0 Å². The molecule has 35 heavy (non-hydrogen) atoms. The first kappa shape index (κ1) is 22.9. The highest BCUT2D eigenvalue weighted by Gasteiger charge is 2.33. The van der Waals surface area contributed by atoms with Crippen molar-refractivity contribution in [3.8, 4) is 0 Å². The van der Waals surface area contributed by atoms with Gasteiger partial charge in [0.25, 0.3) is 0 Å². The predicted octanol–water partition coefficient (Wildman–Crippen LogP) is 4.66. The number of morpholine rings is 1. The minimum Gasteiger partial charge on any atom is -0.378 e. The van der Waals surface area contributed by atoms with E-state index < -0.39 is 0 Å². The summed E-state index contributed by atoms with van der Waals surface area (Å²) in [4.78, 5) is 22.6. The molecule has 0 aromatic carbocycles. The smallest absolute Gasteiger partial charge is 0.189 e. The lowest BCUT2D eigenvalue weighted by atomic mass is 9.90. The van der Waals surface area contributed by atoms with Crippen molar-refractivity contribution in [3.63, 3.8) is 0 Å². The Labute approximate surface area is 212 Å². The average molecular weight is 509 g/mol. The van der Waals surface area contributed by atoms with Crippen LogP contribution in [0.4, 0.5) is 11.6 Å². The van der Waals surface area contributed by atoms with Crippen LogP contribution in [0.1, 0.15) is 30.5 Å². The van der Waals surface area contributed by atoms with E-state index >= 15 is 0 Å². The zero-order valence-electron chi connectivity index (χ0n) is 20.1. The van der Waals surface area contributed by atoms with E-state index in [0.29, 0.717) is 13.2 Å². The van der Waals surface area contributed by atoms with Crippen LogP contribution < -0.4 is 10.2 Å². The summed E-state index contributed by atoms with van der Waals surface area (Å²) in [5.41, 5.74) is 4.34. The van der Waals surface area contributed by atoms with Crippen LogP contribution in [0.3, 0.4) is 0 Å². The third kappa shape index (κ3) is 4.33. The SMILES string of the molecule is CSc1nc(NCc2cccnc2)c2sc3nc(N4CCOCC4)c4c(c3c2n1)CC(C)(C)OC4. The van der Waals surface area contributed by atoms with Gasteiger partial charge in [0.2, 0.25) is 0 Å². The van der Waals surface area contributed by atoms with Crippen LogP contribution in [0.5, 0.6) is 0 Å². The van der Waals surface area contributed by atoms with Gasteiger partial charge in [0.1, 0.15) is 16.5 Å². The van der Waals surface area contributed by atoms with Crippen LogP contribution >= 0.6 is 23.1 Å². The number of anilines is 2. The Morgan fingerprint density at radius 3 is 2.80 bits per heavy atom. The number of fused-ring (bicyclic) bond motifs is 5. The van der Waals surface area contributed by atoms with E-state index in [4.69, 9.17) is 24.4 Å². The number of thiophene rings is 1. The molecule has 0 radical (unpaired) electrons. The number of hydrogen-bond acceptors (Lipinski definition) is 10. The van der Waals surface area contributed by atoms with Crippen molar-refractivity contribution < 1.29 is 9.47 Å². The molecule has 0 saturated carbocycles. The van der Waals surface area contributed by atoms with Crippen LogP contribution in [-0.4, -0.2) is 58.1 Å². The lowest BCUT2D eigenvalue weighted by Crippen LogP contribution is -2.39. The Balaban J connectivity index is 1.54. The third-order valence-corrected chi connectivity index (χ3v) is 8.15. The van der Waals surface area contributed by atoms with E-state index in [1.54, 1.807) is 29.3 Å². The molecule has 182 valence electrons. The number of rotatable bonds is 5. The van der Waals surface area contributed by atoms with Crippen LogP contribution in [-0.2, 0) is 29.0 Å². The zero-order valence-corrected chi connectivity index (χ0v) is 21.8. The molecular formula is C25H28N6O2S2. The minimum absolute atomic E-state index is 0.241. The van der Waals surface area contributed by atoms with Gasteiger partial charge in [-0.25, -0.2) is 15.0 Å². The van der Waals surface area contributed by atoms with Crippen molar-refractivity contribution >= 4 is 55.2 Å². The molecule has 6 rings (SSSR count). The molecular weight excluding hydrogens is 480 g/mol. The van der Waals surface area contributed by atoms with Crippen molar-refractivity contribution in [2.24, 2.45) is 0 Å². The lowest BCUT2D eigenvalue weighted by molar-refractivity contribution is -0.0396. The van der Waals surface area contributed by atoms with Gasteiger partial charge in [-0.2, -0.15) is 0 Å². The van der Waals surface area contributed by atoms with E-state index in [-0.39, 0.29) is 5.60 Å². The number of nitrogens with one attached hydrogen (secondary N) is 1. The molecule has 6 heterocycles. The Morgan fingerprint density at radius 1 is 1.17 bits per heavy atom. The Morgan fingerprint density at radius 2 is 2.03 bits per heavy atom. The van der Waals surface area contributed by atoms with E-state index in [9.17, 15) is 0 Å². The molecule has 4 aromatic rings. The highest BCUT2D eigenvalue weighted by Crippen LogP contribution is 2.44. The summed E-state index contributed by atoms with van der Waals surface area (Å²) in [6, 6.07) is 4.01. The maximum atomic E-state index is 6.27. The number of pyridine rings is 2. The van der Waals surface area contributed by atoms with Gasteiger partial charge in [-0.1, -0.05) is 17.8 Å². The highest BCUT2D eigenvalue weighted by molar-refractivity contribution is 7.98. The lowest BCUT2D eigenvalue weighted by Gasteiger charge is -2.36. The fraction of sp³-hybridized carbons (Fsp3) is 0.440. The summed E-state index contributed by atoms with van der Waals surface area (Å²) in [7, 11) is 0. The summed E-state index contributed by atoms with van der Waals surface area (Å²) in [6.07, 6.45) is 6.50. The van der Waals surface area contributed by atoms with Crippen LogP contribution in [0.2, 0.25) is 0 Å². The van der Waals surface area contributed by atoms with Gasteiger partial charge in [0.05, 0.1) is 35.6 Å². The van der Waals surface area contributed by atoms with Gasteiger partial charge in [0, 0.05) is 49.4 Å².